The molecule has 1 heterocycles. The van der Waals surface area contributed by atoms with Crippen molar-refractivity contribution in [3.8, 4) is 0 Å². The van der Waals surface area contributed by atoms with Crippen LogP contribution in [0.3, 0.4) is 0 Å². The first-order valence-electron chi connectivity index (χ1n) is 9.69. The molecule has 1 saturated heterocycles. The summed E-state index contributed by atoms with van der Waals surface area (Å²) < 4.78 is 27.7. The van der Waals surface area contributed by atoms with Crippen LogP contribution in [-0.4, -0.2) is 44.9 Å². The molecule has 154 valence electrons. The maximum absolute atomic E-state index is 13.0. The average molecular weight is 508 g/mol. The van der Waals surface area contributed by atoms with Gasteiger partial charge in [-0.25, -0.2) is 13.4 Å². The van der Waals surface area contributed by atoms with E-state index < -0.39 is 10.0 Å². The van der Waals surface area contributed by atoms with Crippen molar-refractivity contribution < 1.29 is 8.42 Å². The van der Waals surface area contributed by atoms with Crippen molar-refractivity contribution in [3.05, 3.63) is 29.8 Å². The quantitative estimate of drug-likeness (QED) is 0.245. The smallest absolute Gasteiger partial charge is 0.243 e. The van der Waals surface area contributed by atoms with Crippen molar-refractivity contribution in [3.63, 3.8) is 0 Å². The highest BCUT2D eigenvalue weighted by Gasteiger charge is 2.27. The van der Waals surface area contributed by atoms with Crippen molar-refractivity contribution >= 4 is 40.0 Å². The van der Waals surface area contributed by atoms with Gasteiger partial charge in [-0.15, -0.1) is 24.0 Å². The number of piperidine rings is 1. The molecule has 1 fully saturated rings. The number of nitrogens with one attached hydrogen (secondary N) is 2. The van der Waals surface area contributed by atoms with Gasteiger partial charge in [-0.1, -0.05) is 38.0 Å². The van der Waals surface area contributed by atoms with Gasteiger partial charge in [0, 0.05) is 26.2 Å². The van der Waals surface area contributed by atoms with Gasteiger partial charge >= 0.3 is 0 Å². The summed E-state index contributed by atoms with van der Waals surface area (Å²) in [5.74, 6) is 0.728. The van der Waals surface area contributed by atoms with E-state index in [2.05, 4.69) is 22.5 Å². The Hall–Kier alpha value is -0.870. The maximum Gasteiger partial charge on any atom is 0.243 e. The van der Waals surface area contributed by atoms with Gasteiger partial charge in [0.1, 0.15) is 0 Å². The average Bonchev–Trinajstić information content (AvgIpc) is 2.67. The van der Waals surface area contributed by atoms with Crippen LogP contribution in [0.25, 0.3) is 0 Å². The summed E-state index contributed by atoms with van der Waals surface area (Å²) in [7, 11) is -3.45. The van der Waals surface area contributed by atoms with E-state index in [1.54, 1.807) is 16.4 Å². The normalized spacial score (nSPS) is 15.9. The van der Waals surface area contributed by atoms with Crippen LogP contribution in [0, 0.1) is 0 Å². The Labute approximate surface area is 181 Å². The molecule has 2 rings (SSSR count). The van der Waals surface area contributed by atoms with Crippen LogP contribution in [0.2, 0.25) is 0 Å². The number of benzene rings is 1. The molecule has 0 bridgehead atoms. The van der Waals surface area contributed by atoms with Crippen molar-refractivity contribution in [1.82, 2.24) is 14.9 Å². The van der Waals surface area contributed by atoms with E-state index in [0.717, 1.165) is 56.7 Å². The van der Waals surface area contributed by atoms with Crippen LogP contribution >= 0.6 is 24.0 Å². The molecule has 0 amide bonds. The fourth-order valence-electron chi connectivity index (χ4n) is 3.02. The van der Waals surface area contributed by atoms with Gasteiger partial charge in [0.05, 0.1) is 11.4 Å². The van der Waals surface area contributed by atoms with Gasteiger partial charge in [-0.05, 0) is 37.8 Å². The third-order valence-electron chi connectivity index (χ3n) is 4.48. The molecule has 0 spiro atoms. The minimum absolute atomic E-state index is 0. The van der Waals surface area contributed by atoms with Crippen LogP contribution in [0.1, 0.15) is 51.5 Å². The summed E-state index contributed by atoms with van der Waals surface area (Å²) in [4.78, 5) is 4.97. The molecular formula is C19H33IN4O2S. The number of sulfonamides is 1. The SMILES string of the molecule is CCCCNC(=NCc1ccccc1S(=O)(=O)N1CCCCC1)NCC.I. The van der Waals surface area contributed by atoms with Crippen molar-refractivity contribution in [1.29, 1.82) is 0 Å². The number of nitrogens with zero attached hydrogens (tertiary/aromatic N) is 2. The predicted octanol–water partition coefficient (Wildman–Crippen LogP) is 3.33. The second-order valence-electron chi connectivity index (χ2n) is 6.55. The second kappa shape index (κ2) is 12.6. The Morgan fingerprint density at radius 2 is 1.81 bits per heavy atom. The lowest BCUT2D eigenvalue weighted by atomic mass is 10.2. The van der Waals surface area contributed by atoms with E-state index in [9.17, 15) is 8.42 Å². The van der Waals surface area contributed by atoms with Gasteiger partial charge in [0.2, 0.25) is 10.0 Å². The van der Waals surface area contributed by atoms with Crippen LogP contribution in [0.15, 0.2) is 34.2 Å². The first kappa shape index (κ1) is 24.2. The second-order valence-corrected chi connectivity index (χ2v) is 8.45. The molecule has 1 aromatic rings. The molecule has 0 radical (unpaired) electrons. The van der Waals surface area contributed by atoms with Gasteiger partial charge < -0.3 is 10.6 Å². The van der Waals surface area contributed by atoms with E-state index in [0.29, 0.717) is 24.5 Å². The Balaban J connectivity index is 0.00000364. The van der Waals surface area contributed by atoms with Crippen LogP contribution in [-0.2, 0) is 16.6 Å². The highest BCUT2D eigenvalue weighted by molar-refractivity contribution is 14.0. The van der Waals surface area contributed by atoms with Crippen LogP contribution < -0.4 is 10.6 Å². The number of hydrogen-bond donors (Lipinski definition) is 2. The number of aliphatic imine (C=N–C) groups is 1. The summed E-state index contributed by atoms with van der Waals surface area (Å²) >= 11 is 0. The van der Waals surface area contributed by atoms with Crippen molar-refractivity contribution in [2.75, 3.05) is 26.2 Å². The summed E-state index contributed by atoms with van der Waals surface area (Å²) in [5.41, 5.74) is 0.741. The molecule has 0 atom stereocenters. The zero-order valence-corrected chi connectivity index (χ0v) is 19.6. The largest absolute Gasteiger partial charge is 0.357 e. The maximum atomic E-state index is 13.0. The van der Waals surface area contributed by atoms with E-state index in [1.165, 1.54) is 0 Å². The van der Waals surface area contributed by atoms with Gasteiger partial charge in [0.25, 0.3) is 0 Å². The molecular weight excluding hydrogens is 475 g/mol. The molecule has 0 unspecified atom stereocenters. The Bertz CT molecular complexity index is 689. The number of hydrogen-bond acceptors (Lipinski definition) is 3. The molecule has 1 aliphatic rings. The van der Waals surface area contributed by atoms with Crippen LogP contribution in [0.5, 0.6) is 0 Å². The molecule has 1 aromatic carbocycles. The number of halogens is 1. The zero-order chi connectivity index (χ0) is 18.8. The third-order valence-corrected chi connectivity index (χ3v) is 6.48. The number of unbranched alkanes of at least 4 members (excludes halogenated alkanes) is 1. The number of rotatable bonds is 8. The number of guanidine groups is 1. The summed E-state index contributed by atoms with van der Waals surface area (Å²) in [6, 6.07) is 7.22. The van der Waals surface area contributed by atoms with Gasteiger partial charge in [-0.3, -0.25) is 0 Å². The highest BCUT2D eigenvalue weighted by Crippen LogP contribution is 2.24. The standard InChI is InChI=1S/C19H32N4O2S.HI/c1-3-5-13-21-19(20-4-2)22-16-17-11-7-8-12-18(17)26(24,25)23-14-9-6-10-15-23;/h7-8,11-12H,3-6,9-10,13-16H2,1-2H3,(H2,20,21,22);1H. The van der Waals surface area contributed by atoms with Crippen molar-refractivity contribution in [2.24, 2.45) is 4.99 Å². The monoisotopic (exact) mass is 508 g/mol. The molecule has 1 aliphatic heterocycles. The zero-order valence-electron chi connectivity index (χ0n) is 16.4. The molecule has 0 aliphatic carbocycles. The molecule has 27 heavy (non-hydrogen) atoms. The third kappa shape index (κ3) is 7.23. The summed E-state index contributed by atoms with van der Waals surface area (Å²) in [6.45, 7) is 7.36. The highest BCUT2D eigenvalue weighted by atomic mass is 127. The Kier molecular flexibility index (Phi) is 11.2. The molecule has 0 saturated carbocycles. The van der Waals surface area contributed by atoms with Crippen LogP contribution in [0.4, 0.5) is 0 Å². The van der Waals surface area contributed by atoms with E-state index in [4.69, 9.17) is 0 Å². The molecule has 6 nitrogen and oxygen atoms in total. The first-order chi connectivity index (χ1) is 12.6. The molecule has 2 N–H and O–H groups in total. The Morgan fingerprint density at radius 3 is 2.48 bits per heavy atom. The minimum Gasteiger partial charge on any atom is -0.357 e. The first-order valence-corrected chi connectivity index (χ1v) is 11.1. The van der Waals surface area contributed by atoms with E-state index in [-0.39, 0.29) is 24.0 Å². The van der Waals surface area contributed by atoms with E-state index in [1.807, 2.05) is 19.1 Å². The fraction of sp³-hybridized carbons (Fsp3) is 0.632. The topological polar surface area (TPSA) is 73.8 Å². The fourth-order valence-corrected chi connectivity index (χ4v) is 4.75. The molecule has 0 aromatic heterocycles. The minimum atomic E-state index is -3.45. The summed E-state index contributed by atoms with van der Waals surface area (Å²) in [5, 5.41) is 6.50. The lowest BCUT2D eigenvalue weighted by molar-refractivity contribution is 0.346. The lowest BCUT2D eigenvalue weighted by Crippen LogP contribution is -2.38. The summed E-state index contributed by atoms with van der Waals surface area (Å²) in [6.07, 6.45) is 5.16. The Morgan fingerprint density at radius 1 is 1.11 bits per heavy atom. The predicted molar refractivity (Wildman–Crippen MR) is 122 cm³/mol. The van der Waals surface area contributed by atoms with Gasteiger partial charge in [-0.2, -0.15) is 4.31 Å². The molecule has 8 heteroatoms. The van der Waals surface area contributed by atoms with Gasteiger partial charge in [0.15, 0.2) is 5.96 Å². The van der Waals surface area contributed by atoms with E-state index >= 15 is 0 Å². The van der Waals surface area contributed by atoms with Crippen molar-refractivity contribution in [2.45, 2.75) is 57.4 Å². The lowest BCUT2D eigenvalue weighted by Gasteiger charge is -2.26.